The van der Waals surface area contributed by atoms with Gasteiger partial charge in [-0.3, -0.25) is 4.98 Å². The first-order chi connectivity index (χ1) is 21.8. The van der Waals surface area contributed by atoms with E-state index in [1.165, 1.54) is 30.5 Å². The van der Waals surface area contributed by atoms with Gasteiger partial charge in [-0.05, 0) is 75.7 Å². The first-order valence-electron chi connectivity index (χ1n) is 15.6. The molecule has 7 rings (SSSR count). The third kappa shape index (κ3) is 4.98. The van der Waals surface area contributed by atoms with Crippen LogP contribution in [0.2, 0.25) is 0 Å². The minimum Gasteiger partial charge on any atom is -0.508 e. The molecule has 1 unspecified atom stereocenters. The maximum Gasteiger partial charge on any atom is 0.319 e. The second-order valence-corrected chi connectivity index (χ2v) is 12.7. The number of likely N-dealkylation sites (tertiary alicyclic amines) is 1. The van der Waals surface area contributed by atoms with Crippen molar-refractivity contribution in [1.82, 2.24) is 19.9 Å². The number of rotatable bonds is 5. The van der Waals surface area contributed by atoms with Crippen molar-refractivity contribution in [3.05, 3.63) is 47.7 Å². The summed E-state index contributed by atoms with van der Waals surface area (Å²) in [5, 5.41) is 21.3. The molecule has 4 heterocycles. The molecular weight excluding hydrogens is 574 g/mol. The van der Waals surface area contributed by atoms with Crippen molar-refractivity contribution in [1.29, 1.82) is 5.26 Å². The number of hydrogen-bond acceptors (Lipinski definition) is 8. The minimum absolute atomic E-state index is 0.00420. The molecule has 2 aromatic carbocycles. The molecule has 10 heteroatoms. The second-order valence-electron chi connectivity index (χ2n) is 12.7. The number of nitriles is 1. The molecular formula is C35H34F2N6O2. The standard InChI is InChI=1S/C35H34F2N6O2/c1-3-24-27(36)10-9-22-15-23(44)16-25(29(22)24)31-30(37)32-26(18-39-31)33(43-14-5-7-21(17-38)19-43)41-34(40-32)45-20-35-11-4-8-28(35)42(2)13-6-12-35/h1,9-10,15-16,18,21,28,44H,4-8,11-14,19-20H2,2H3/t21?,28-,35-/m1/s1. The fourth-order valence-electron chi connectivity index (χ4n) is 7.93. The summed E-state index contributed by atoms with van der Waals surface area (Å²) >= 11 is 0. The highest BCUT2D eigenvalue weighted by Crippen LogP contribution is 2.47. The Bertz CT molecular complexity index is 1900. The molecule has 2 saturated heterocycles. The average molecular weight is 609 g/mol. The van der Waals surface area contributed by atoms with E-state index in [1.807, 2.05) is 4.90 Å². The lowest BCUT2D eigenvalue weighted by atomic mass is 9.76. The normalized spacial score (nSPS) is 23.5. The number of halogens is 2. The molecule has 1 aliphatic carbocycles. The number of terminal acetylenes is 1. The van der Waals surface area contributed by atoms with E-state index in [9.17, 15) is 14.8 Å². The zero-order chi connectivity index (χ0) is 31.3. The topological polar surface area (TPSA) is 98.4 Å². The summed E-state index contributed by atoms with van der Waals surface area (Å²) in [6, 6.07) is 8.34. The monoisotopic (exact) mass is 608 g/mol. The summed E-state index contributed by atoms with van der Waals surface area (Å²) in [6.45, 7) is 2.58. The smallest absolute Gasteiger partial charge is 0.319 e. The number of nitrogens with zero attached hydrogens (tertiary/aromatic N) is 6. The first-order valence-corrected chi connectivity index (χ1v) is 15.6. The lowest BCUT2D eigenvalue weighted by molar-refractivity contribution is 0.0133. The predicted octanol–water partition coefficient (Wildman–Crippen LogP) is 6.19. The zero-order valence-electron chi connectivity index (χ0n) is 25.2. The molecule has 1 saturated carbocycles. The summed E-state index contributed by atoms with van der Waals surface area (Å²) in [5.74, 6) is 1.12. The molecule has 45 heavy (non-hydrogen) atoms. The van der Waals surface area contributed by atoms with Crippen molar-refractivity contribution < 1.29 is 18.6 Å². The summed E-state index contributed by atoms with van der Waals surface area (Å²) in [6.07, 6.45) is 14.2. The molecule has 0 spiro atoms. The molecule has 0 bridgehead atoms. The van der Waals surface area contributed by atoms with Crippen LogP contribution in [0.15, 0.2) is 30.5 Å². The highest BCUT2D eigenvalue weighted by Gasteiger charge is 2.47. The van der Waals surface area contributed by atoms with Crippen molar-refractivity contribution in [3.8, 4) is 41.4 Å². The Balaban J connectivity index is 1.38. The molecule has 2 aliphatic heterocycles. The number of pyridine rings is 1. The van der Waals surface area contributed by atoms with Gasteiger partial charge < -0.3 is 19.6 Å². The maximum absolute atomic E-state index is 16.8. The minimum atomic E-state index is -0.761. The van der Waals surface area contributed by atoms with Crippen LogP contribution < -0.4 is 9.64 Å². The van der Waals surface area contributed by atoms with Crippen LogP contribution in [0.5, 0.6) is 11.8 Å². The number of piperidine rings is 2. The Labute approximate surface area is 260 Å². The highest BCUT2D eigenvalue weighted by atomic mass is 19.1. The van der Waals surface area contributed by atoms with Crippen LogP contribution in [0.1, 0.15) is 50.5 Å². The van der Waals surface area contributed by atoms with E-state index < -0.39 is 11.6 Å². The lowest BCUT2D eigenvalue weighted by Gasteiger charge is -2.44. The van der Waals surface area contributed by atoms with Gasteiger partial charge in [-0.1, -0.05) is 18.4 Å². The van der Waals surface area contributed by atoms with Crippen molar-refractivity contribution in [2.24, 2.45) is 11.3 Å². The van der Waals surface area contributed by atoms with E-state index in [0.717, 1.165) is 51.5 Å². The van der Waals surface area contributed by atoms with E-state index in [2.05, 4.69) is 33.9 Å². The van der Waals surface area contributed by atoms with Crippen LogP contribution in [-0.4, -0.2) is 64.3 Å². The van der Waals surface area contributed by atoms with Crippen molar-refractivity contribution >= 4 is 27.5 Å². The molecule has 2 aromatic heterocycles. The fourth-order valence-corrected chi connectivity index (χ4v) is 7.93. The molecule has 8 nitrogen and oxygen atoms in total. The van der Waals surface area contributed by atoms with Gasteiger partial charge in [0.25, 0.3) is 0 Å². The number of hydrogen-bond donors (Lipinski definition) is 1. The van der Waals surface area contributed by atoms with E-state index in [1.54, 1.807) is 0 Å². The van der Waals surface area contributed by atoms with Crippen LogP contribution in [0.3, 0.4) is 0 Å². The average Bonchev–Trinajstić information content (AvgIpc) is 3.49. The largest absolute Gasteiger partial charge is 0.508 e. The molecule has 3 atom stereocenters. The van der Waals surface area contributed by atoms with Gasteiger partial charge >= 0.3 is 6.01 Å². The van der Waals surface area contributed by atoms with E-state index in [0.29, 0.717) is 42.3 Å². The first kappa shape index (κ1) is 29.2. The third-order valence-electron chi connectivity index (χ3n) is 10.1. The zero-order valence-corrected chi connectivity index (χ0v) is 25.2. The maximum atomic E-state index is 16.8. The lowest BCUT2D eigenvalue weighted by Crippen LogP contribution is -2.50. The number of phenolic OH excluding ortho intramolecular Hbond substituents is 1. The Morgan fingerprint density at radius 3 is 2.80 bits per heavy atom. The molecule has 0 amide bonds. The Kier molecular flexibility index (Phi) is 7.41. The van der Waals surface area contributed by atoms with Gasteiger partial charge in [-0.25, -0.2) is 8.78 Å². The fraction of sp³-hybridized carbons (Fsp3) is 0.429. The molecule has 0 radical (unpaired) electrons. The van der Waals surface area contributed by atoms with Crippen molar-refractivity contribution in [2.75, 3.05) is 38.2 Å². The van der Waals surface area contributed by atoms with E-state index in [-0.39, 0.29) is 50.8 Å². The SMILES string of the molecule is C#Cc1c(F)ccc2cc(O)cc(-c3ncc4c(N5CCCC(C#N)C5)nc(OC[C@]56CCC[C@H]5N(C)CCC6)nc4c3F)c12. The number of aromatic nitrogens is 3. The Morgan fingerprint density at radius 1 is 1.13 bits per heavy atom. The van der Waals surface area contributed by atoms with Crippen LogP contribution >= 0.6 is 0 Å². The van der Waals surface area contributed by atoms with Gasteiger partial charge in [0.05, 0.1) is 29.5 Å². The van der Waals surface area contributed by atoms with Gasteiger partial charge in [0.2, 0.25) is 0 Å². The summed E-state index contributed by atoms with van der Waals surface area (Å²) < 4.78 is 38.0. The summed E-state index contributed by atoms with van der Waals surface area (Å²) in [7, 11) is 2.17. The number of anilines is 1. The number of phenols is 1. The second kappa shape index (κ2) is 11.4. The van der Waals surface area contributed by atoms with Gasteiger partial charge in [-0.2, -0.15) is 15.2 Å². The quantitative estimate of drug-likeness (QED) is 0.268. The number of benzene rings is 2. The molecule has 1 N–H and O–H groups in total. The van der Waals surface area contributed by atoms with Gasteiger partial charge in [0, 0.05) is 41.7 Å². The van der Waals surface area contributed by atoms with Crippen molar-refractivity contribution in [2.45, 2.75) is 51.0 Å². The van der Waals surface area contributed by atoms with Crippen LogP contribution in [0, 0.1) is 46.6 Å². The number of ether oxygens (including phenoxy) is 1. The van der Waals surface area contributed by atoms with Crippen LogP contribution in [0.4, 0.5) is 14.6 Å². The predicted molar refractivity (Wildman–Crippen MR) is 168 cm³/mol. The number of fused-ring (bicyclic) bond motifs is 3. The molecule has 3 fully saturated rings. The van der Waals surface area contributed by atoms with Crippen LogP contribution in [0.25, 0.3) is 32.9 Å². The van der Waals surface area contributed by atoms with Gasteiger partial charge in [-0.15, -0.1) is 6.42 Å². The summed E-state index contributed by atoms with van der Waals surface area (Å²) in [4.78, 5) is 18.3. The molecule has 230 valence electrons. The Hall–Kier alpha value is -4.54. The van der Waals surface area contributed by atoms with E-state index in [4.69, 9.17) is 16.1 Å². The van der Waals surface area contributed by atoms with E-state index >= 15 is 4.39 Å². The Morgan fingerprint density at radius 2 is 1.98 bits per heavy atom. The third-order valence-corrected chi connectivity index (χ3v) is 10.1. The molecule has 4 aromatic rings. The highest BCUT2D eigenvalue weighted by molar-refractivity contribution is 6.03. The number of aromatic hydroxyl groups is 1. The van der Waals surface area contributed by atoms with Crippen LogP contribution in [-0.2, 0) is 0 Å². The summed E-state index contributed by atoms with van der Waals surface area (Å²) in [5.41, 5.74) is -0.0380. The van der Waals surface area contributed by atoms with Crippen molar-refractivity contribution in [3.63, 3.8) is 0 Å². The molecule has 3 aliphatic rings. The van der Waals surface area contributed by atoms with Gasteiger partial charge in [0.1, 0.15) is 28.6 Å². The van der Waals surface area contributed by atoms with Gasteiger partial charge in [0.15, 0.2) is 5.82 Å².